The second kappa shape index (κ2) is 6.45. The van der Waals surface area contributed by atoms with Crippen LogP contribution < -0.4 is 5.32 Å². The zero-order chi connectivity index (χ0) is 14.6. The molecule has 1 aromatic rings. The van der Waals surface area contributed by atoms with Gasteiger partial charge in [-0.3, -0.25) is 0 Å². The maximum Gasteiger partial charge on any atom is 0.242 e. The Bertz CT molecular complexity index is 542. The van der Waals surface area contributed by atoms with Crippen LogP contribution in [0.4, 0.5) is 4.39 Å². The minimum Gasteiger partial charge on any atom is -0.313 e. The first-order valence-electron chi connectivity index (χ1n) is 6.23. The largest absolute Gasteiger partial charge is 0.313 e. The van der Waals surface area contributed by atoms with Gasteiger partial charge in [0, 0.05) is 26.2 Å². The van der Waals surface area contributed by atoms with E-state index in [-0.39, 0.29) is 10.7 Å². The third kappa shape index (κ3) is 3.75. The maximum atomic E-state index is 13.9. The van der Waals surface area contributed by atoms with Crippen molar-refractivity contribution in [3.8, 4) is 0 Å². The fraction of sp³-hybridized carbons (Fsp3) is 0.538. The molecule has 0 unspecified atom stereocenters. The monoisotopic (exact) mass is 288 g/mol. The van der Waals surface area contributed by atoms with Crippen LogP contribution in [0.1, 0.15) is 24.5 Å². The molecule has 0 saturated carbocycles. The molecule has 1 N–H and O–H groups in total. The van der Waals surface area contributed by atoms with Crippen LogP contribution in [0.3, 0.4) is 0 Å². The number of sulfonamides is 1. The van der Waals surface area contributed by atoms with Gasteiger partial charge >= 0.3 is 0 Å². The molecule has 1 rings (SSSR count). The molecule has 0 radical (unpaired) electrons. The number of hydrogen-bond acceptors (Lipinski definition) is 3. The lowest BCUT2D eigenvalue weighted by atomic mass is 10.1. The van der Waals surface area contributed by atoms with Crippen molar-refractivity contribution in [2.45, 2.75) is 31.7 Å². The lowest BCUT2D eigenvalue weighted by molar-refractivity contribution is 0.519. The van der Waals surface area contributed by atoms with Crippen LogP contribution in [0, 0.1) is 12.7 Å². The molecule has 0 aromatic heterocycles. The van der Waals surface area contributed by atoms with Gasteiger partial charge in [0.2, 0.25) is 10.0 Å². The number of nitrogens with one attached hydrogen (secondary N) is 1. The van der Waals surface area contributed by atoms with Crippen LogP contribution in [0.5, 0.6) is 0 Å². The van der Waals surface area contributed by atoms with E-state index < -0.39 is 10.0 Å². The minimum absolute atomic E-state index is 0.129. The molecule has 19 heavy (non-hydrogen) atoms. The summed E-state index contributed by atoms with van der Waals surface area (Å²) in [5.41, 5.74) is 0.727. The first-order chi connectivity index (χ1) is 8.80. The van der Waals surface area contributed by atoms with Gasteiger partial charge in [-0.2, -0.15) is 0 Å². The highest BCUT2D eigenvalue weighted by Gasteiger charge is 2.20. The Labute approximate surface area is 114 Å². The molecule has 0 aliphatic heterocycles. The second-order valence-corrected chi connectivity index (χ2v) is 6.83. The van der Waals surface area contributed by atoms with Crippen molar-refractivity contribution in [3.63, 3.8) is 0 Å². The van der Waals surface area contributed by atoms with Gasteiger partial charge in [0.15, 0.2) is 0 Å². The van der Waals surface area contributed by atoms with E-state index >= 15 is 0 Å². The van der Waals surface area contributed by atoms with Gasteiger partial charge in [0.25, 0.3) is 0 Å². The van der Waals surface area contributed by atoms with Crippen molar-refractivity contribution in [2.75, 3.05) is 20.6 Å². The summed E-state index contributed by atoms with van der Waals surface area (Å²) < 4.78 is 39.2. The summed E-state index contributed by atoms with van der Waals surface area (Å²) in [6.45, 7) is 4.69. The predicted octanol–water partition coefficient (Wildman–Crippen LogP) is 1.88. The number of hydrogen-bond donors (Lipinski definition) is 1. The molecule has 0 amide bonds. The average molecular weight is 288 g/mol. The number of rotatable bonds is 6. The van der Waals surface area contributed by atoms with Crippen LogP contribution in [0.2, 0.25) is 0 Å². The Hall–Kier alpha value is -0.980. The van der Waals surface area contributed by atoms with Gasteiger partial charge in [-0.15, -0.1) is 0 Å². The highest BCUT2D eigenvalue weighted by molar-refractivity contribution is 7.89. The minimum atomic E-state index is -3.53. The zero-order valence-corrected chi connectivity index (χ0v) is 12.6. The van der Waals surface area contributed by atoms with Crippen molar-refractivity contribution < 1.29 is 12.8 Å². The topological polar surface area (TPSA) is 49.4 Å². The van der Waals surface area contributed by atoms with Crippen LogP contribution in [0.15, 0.2) is 17.0 Å². The highest BCUT2D eigenvalue weighted by Crippen LogP contribution is 2.21. The Kier molecular flexibility index (Phi) is 5.46. The van der Waals surface area contributed by atoms with Crippen molar-refractivity contribution in [3.05, 3.63) is 29.1 Å². The lowest BCUT2D eigenvalue weighted by Crippen LogP contribution is -2.23. The molecule has 0 fully saturated rings. The molecular weight excluding hydrogens is 267 g/mol. The summed E-state index contributed by atoms with van der Waals surface area (Å²) in [6, 6.07) is 2.77. The number of halogens is 1. The third-order valence-corrected chi connectivity index (χ3v) is 4.62. The van der Waals surface area contributed by atoms with Crippen molar-refractivity contribution >= 4 is 10.0 Å². The van der Waals surface area contributed by atoms with E-state index in [0.717, 1.165) is 17.3 Å². The summed E-state index contributed by atoms with van der Waals surface area (Å²) >= 11 is 0. The average Bonchev–Trinajstić information content (AvgIpc) is 2.34. The van der Waals surface area contributed by atoms with E-state index in [4.69, 9.17) is 0 Å². The van der Waals surface area contributed by atoms with E-state index in [1.54, 1.807) is 6.92 Å². The Balaban J connectivity index is 3.17. The standard InChI is InChI=1S/C13H21FN2O2S/c1-5-6-15-9-11-8-12(7-10(2)13(11)14)19(17,18)16(3)4/h7-8,15H,5-6,9H2,1-4H3. The fourth-order valence-electron chi connectivity index (χ4n) is 1.69. The quantitative estimate of drug-likeness (QED) is 0.813. The highest BCUT2D eigenvalue weighted by atomic mass is 32.2. The Morgan fingerprint density at radius 1 is 1.32 bits per heavy atom. The zero-order valence-electron chi connectivity index (χ0n) is 11.8. The summed E-state index contributed by atoms with van der Waals surface area (Å²) in [5, 5.41) is 3.08. The van der Waals surface area contributed by atoms with Gasteiger partial charge in [-0.05, 0) is 37.6 Å². The summed E-state index contributed by atoms with van der Waals surface area (Å²) in [7, 11) is -0.608. The molecule has 0 bridgehead atoms. The maximum absolute atomic E-state index is 13.9. The molecule has 0 heterocycles. The van der Waals surface area contributed by atoms with Crippen molar-refractivity contribution in [1.29, 1.82) is 0 Å². The van der Waals surface area contributed by atoms with Crippen molar-refractivity contribution in [2.24, 2.45) is 0 Å². The van der Waals surface area contributed by atoms with Gasteiger partial charge in [0.05, 0.1) is 4.90 Å². The van der Waals surface area contributed by atoms with Gasteiger partial charge < -0.3 is 5.32 Å². The summed E-state index contributed by atoms with van der Waals surface area (Å²) in [4.78, 5) is 0.129. The summed E-state index contributed by atoms with van der Waals surface area (Å²) in [6.07, 6.45) is 0.941. The molecular formula is C13H21FN2O2S. The van der Waals surface area contributed by atoms with E-state index in [9.17, 15) is 12.8 Å². The third-order valence-electron chi connectivity index (χ3n) is 2.82. The fourth-order valence-corrected chi connectivity index (χ4v) is 2.73. The second-order valence-electron chi connectivity index (χ2n) is 4.68. The predicted molar refractivity (Wildman–Crippen MR) is 74.0 cm³/mol. The van der Waals surface area contributed by atoms with E-state index in [1.807, 2.05) is 6.92 Å². The molecule has 0 saturated heterocycles. The molecule has 4 nitrogen and oxygen atoms in total. The molecule has 108 valence electrons. The number of aryl methyl sites for hydroxylation is 1. The van der Waals surface area contributed by atoms with E-state index in [1.165, 1.54) is 26.2 Å². The molecule has 0 aliphatic rings. The van der Waals surface area contributed by atoms with E-state index in [0.29, 0.717) is 17.7 Å². The SMILES string of the molecule is CCCNCc1cc(S(=O)(=O)N(C)C)cc(C)c1F. The number of nitrogens with zero attached hydrogens (tertiary/aromatic N) is 1. The van der Waals surface area contributed by atoms with Crippen molar-refractivity contribution in [1.82, 2.24) is 9.62 Å². The number of benzene rings is 1. The van der Waals surface area contributed by atoms with E-state index in [2.05, 4.69) is 5.32 Å². The molecule has 1 aromatic carbocycles. The van der Waals surface area contributed by atoms with Gasteiger partial charge in [-0.1, -0.05) is 6.92 Å². The molecule has 0 atom stereocenters. The lowest BCUT2D eigenvalue weighted by Gasteiger charge is -2.14. The Morgan fingerprint density at radius 3 is 2.47 bits per heavy atom. The van der Waals surface area contributed by atoms with Crippen LogP contribution in [0.25, 0.3) is 0 Å². The summed E-state index contributed by atoms with van der Waals surface area (Å²) in [5.74, 6) is -0.346. The smallest absolute Gasteiger partial charge is 0.242 e. The first kappa shape index (κ1) is 16.1. The van der Waals surface area contributed by atoms with Gasteiger partial charge in [0.1, 0.15) is 5.82 Å². The normalized spacial score (nSPS) is 12.1. The molecule has 0 spiro atoms. The molecule has 0 aliphatic carbocycles. The van der Waals surface area contributed by atoms with Crippen LogP contribution in [-0.2, 0) is 16.6 Å². The van der Waals surface area contributed by atoms with Crippen LogP contribution >= 0.6 is 0 Å². The first-order valence-corrected chi connectivity index (χ1v) is 7.67. The van der Waals surface area contributed by atoms with Crippen LogP contribution in [-0.4, -0.2) is 33.4 Å². The molecule has 6 heteroatoms. The Morgan fingerprint density at radius 2 is 1.95 bits per heavy atom. The van der Waals surface area contributed by atoms with Gasteiger partial charge in [-0.25, -0.2) is 17.1 Å².